The van der Waals surface area contributed by atoms with E-state index in [0.29, 0.717) is 0 Å². The number of amides is 1. The number of hydrogen-bond acceptors (Lipinski definition) is 4. The van der Waals surface area contributed by atoms with Crippen LogP contribution in [0.2, 0.25) is 0 Å². The molecule has 1 aliphatic carbocycles. The van der Waals surface area contributed by atoms with E-state index in [2.05, 4.69) is 10.4 Å². The molecule has 1 aliphatic rings. The average molecular weight is 300 g/mol. The summed E-state index contributed by atoms with van der Waals surface area (Å²) in [5.41, 5.74) is 2.17. The monoisotopic (exact) mass is 300 g/mol. The molecule has 0 radical (unpaired) electrons. The fraction of sp³-hybridized carbons (Fsp3) is 0.667. The topological polar surface area (TPSA) is 84.3 Å². The van der Waals surface area contributed by atoms with Crippen LogP contribution in [0.3, 0.4) is 0 Å². The van der Waals surface area contributed by atoms with Gasteiger partial charge in [-0.2, -0.15) is 9.40 Å². The first kappa shape index (κ1) is 15.0. The third-order valence-electron chi connectivity index (χ3n) is 3.64. The number of carbonyl (C=O) groups is 1. The third kappa shape index (κ3) is 3.18. The minimum atomic E-state index is -3.34. The molecule has 112 valence electrons. The zero-order chi connectivity index (χ0) is 14.9. The van der Waals surface area contributed by atoms with Crippen molar-refractivity contribution < 1.29 is 13.2 Å². The van der Waals surface area contributed by atoms with Gasteiger partial charge in [0.15, 0.2) is 0 Å². The molecule has 20 heavy (non-hydrogen) atoms. The number of likely N-dealkylation sites (N-methyl/N-ethyl adjacent to an activating group) is 1. The smallest absolute Gasteiger partial charge is 0.235 e. The molecule has 7 nitrogen and oxygen atoms in total. The lowest BCUT2D eigenvalue weighted by Gasteiger charge is -2.24. The van der Waals surface area contributed by atoms with Crippen LogP contribution in [-0.4, -0.2) is 48.3 Å². The molecule has 1 aromatic heterocycles. The normalized spacial score (nSPS) is 18.9. The summed E-state index contributed by atoms with van der Waals surface area (Å²) >= 11 is 0. The van der Waals surface area contributed by atoms with Crippen LogP contribution in [0.15, 0.2) is 6.20 Å². The average Bonchev–Trinajstić information content (AvgIpc) is 2.71. The van der Waals surface area contributed by atoms with E-state index in [0.717, 1.165) is 41.1 Å². The molecular formula is C12H20N4O3S. The summed E-state index contributed by atoms with van der Waals surface area (Å²) in [5, 5.41) is 7.11. The van der Waals surface area contributed by atoms with Crippen LogP contribution < -0.4 is 5.32 Å². The van der Waals surface area contributed by atoms with Gasteiger partial charge in [0.2, 0.25) is 15.9 Å². The van der Waals surface area contributed by atoms with E-state index in [1.807, 2.05) is 11.7 Å². The molecule has 1 heterocycles. The van der Waals surface area contributed by atoms with Crippen molar-refractivity contribution >= 4 is 15.9 Å². The fourth-order valence-electron chi connectivity index (χ4n) is 2.42. The SMILES string of the molecule is CN(CC(=O)NC1CCCc2c1cnn2C)S(C)(=O)=O. The quantitative estimate of drug-likeness (QED) is 0.835. The van der Waals surface area contributed by atoms with Crippen LogP contribution in [0.25, 0.3) is 0 Å². The first-order chi connectivity index (χ1) is 9.29. The van der Waals surface area contributed by atoms with Crippen LogP contribution in [0.1, 0.15) is 30.1 Å². The molecule has 0 fully saturated rings. The number of aromatic nitrogens is 2. The second kappa shape index (κ2) is 5.53. The Labute approximate surface area is 119 Å². The molecule has 0 aliphatic heterocycles. The zero-order valence-electron chi connectivity index (χ0n) is 12.0. The lowest BCUT2D eigenvalue weighted by molar-refractivity contribution is -0.122. The molecule has 2 rings (SSSR count). The summed E-state index contributed by atoms with van der Waals surface area (Å²) in [5.74, 6) is -0.292. The number of carbonyl (C=O) groups excluding carboxylic acids is 1. The predicted molar refractivity (Wildman–Crippen MR) is 74.5 cm³/mol. The van der Waals surface area contributed by atoms with E-state index in [-0.39, 0.29) is 18.5 Å². The summed E-state index contributed by atoms with van der Waals surface area (Å²) in [4.78, 5) is 11.9. The summed E-state index contributed by atoms with van der Waals surface area (Å²) < 4.78 is 25.5. The molecule has 0 spiro atoms. The lowest BCUT2D eigenvalue weighted by atomic mass is 9.93. The molecule has 1 aromatic rings. The Balaban J connectivity index is 2.03. The van der Waals surface area contributed by atoms with Gasteiger partial charge in [-0.3, -0.25) is 9.48 Å². The number of sulfonamides is 1. The molecule has 1 amide bonds. The van der Waals surface area contributed by atoms with E-state index in [1.54, 1.807) is 6.20 Å². The molecule has 0 bridgehead atoms. The van der Waals surface area contributed by atoms with E-state index in [1.165, 1.54) is 7.05 Å². The maximum absolute atomic E-state index is 11.9. The molecule has 1 atom stereocenters. The Morgan fingerprint density at radius 2 is 2.30 bits per heavy atom. The van der Waals surface area contributed by atoms with Gasteiger partial charge < -0.3 is 5.32 Å². The number of hydrogen-bond donors (Lipinski definition) is 1. The number of nitrogens with one attached hydrogen (secondary N) is 1. The van der Waals surface area contributed by atoms with Crippen LogP contribution in [0, 0.1) is 0 Å². The molecule has 0 saturated heterocycles. The Morgan fingerprint density at radius 1 is 1.60 bits per heavy atom. The summed E-state index contributed by atoms with van der Waals surface area (Å²) in [7, 11) is -0.0556. The van der Waals surface area contributed by atoms with Crippen molar-refractivity contribution in [1.82, 2.24) is 19.4 Å². The lowest BCUT2D eigenvalue weighted by Crippen LogP contribution is -2.40. The van der Waals surface area contributed by atoms with Gasteiger partial charge in [0.05, 0.1) is 25.0 Å². The van der Waals surface area contributed by atoms with Crippen molar-refractivity contribution in [2.45, 2.75) is 25.3 Å². The third-order valence-corrected chi connectivity index (χ3v) is 4.90. The van der Waals surface area contributed by atoms with E-state index >= 15 is 0 Å². The Kier molecular flexibility index (Phi) is 4.14. The van der Waals surface area contributed by atoms with Crippen molar-refractivity contribution in [1.29, 1.82) is 0 Å². The van der Waals surface area contributed by atoms with Crippen LogP contribution in [0.4, 0.5) is 0 Å². The minimum absolute atomic E-state index is 0.0760. The highest BCUT2D eigenvalue weighted by molar-refractivity contribution is 7.88. The van der Waals surface area contributed by atoms with Crippen LogP contribution in [0.5, 0.6) is 0 Å². The highest BCUT2D eigenvalue weighted by atomic mass is 32.2. The molecule has 0 saturated carbocycles. The summed E-state index contributed by atoms with van der Waals surface area (Å²) in [6.07, 6.45) is 5.66. The zero-order valence-corrected chi connectivity index (χ0v) is 12.8. The van der Waals surface area contributed by atoms with Crippen molar-refractivity contribution in [2.24, 2.45) is 7.05 Å². The van der Waals surface area contributed by atoms with Crippen molar-refractivity contribution in [3.8, 4) is 0 Å². The Morgan fingerprint density at radius 3 is 2.95 bits per heavy atom. The van der Waals surface area contributed by atoms with E-state index in [4.69, 9.17) is 0 Å². The van der Waals surface area contributed by atoms with Crippen molar-refractivity contribution in [2.75, 3.05) is 19.8 Å². The van der Waals surface area contributed by atoms with Gasteiger partial charge in [-0.05, 0) is 19.3 Å². The number of nitrogens with zero attached hydrogens (tertiary/aromatic N) is 3. The van der Waals surface area contributed by atoms with E-state index < -0.39 is 10.0 Å². The second-order valence-corrected chi connectivity index (χ2v) is 7.29. The number of rotatable bonds is 4. The maximum atomic E-state index is 11.9. The van der Waals surface area contributed by atoms with Gasteiger partial charge >= 0.3 is 0 Å². The van der Waals surface area contributed by atoms with Crippen LogP contribution >= 0.6 is 0 Å². The molecule has 0 aromatic carbocycles. The first-order valence-electron chi connectivity index (χ1n) is 6.50. The Hall–Kier alpha value is -1.41. The van der Waals surface area contributed by atoms with Gasteiger partial charge in [-0.15, -0.1) is 0 Å². The van der Waals surface area contributed by atoms with Gasteiger partial charge in [0.25, 0.3) is 0 Å². The highest BCUT2D eigenvalue weighted by Crippen LogP contribution is 2.28. The van der Waals surface area contributed by atoms with Gasteiger partial charge in [0, 0.05) is 25.4 Å². The van der Waals surface area contributed by atoms with Crippen LogP contribution in [-0.2, 0) is 28.3 Å². The molecule has 1 N–H and O–H groups in total. The first-order valence-corrected chi connectivity index (χ1v) is 8.35. The number of aryl methyl sites for hydroxylation is 1. The molecular weight excluding hydrogens is 280 g/mol. The summed E-state index contributed by atoms with van der Waals surface area (Å²) in [6, 6.07) is -0.0760. The largest absolute Gasteiger partial charge is 0.348 e. The van der Waals surface area contributed by atoms with Crippen molar-refractivity contribution in [3.63, 3.8) is 0 Å². The maximum Gasteiger partial charge on any atom is 0.235 e. The second-order valence-electron chi connectivity index (χ2n) is 5.20. The standard InChI is InChI=1S/C12H20N4O3S/c1-15(20(3,18)19)8-12(17)14-10-5-4-6-11-9(10)7-13-16(11)2/h7,10H,4-6,8H2,1-3H3,(H,14,17). The van der Waals surface area contributed by atoms with E-state index in [9.17, 15) is 13.2 Å². The Bertz CT molecular complexity index is 608. The number of fused-ring (bicyclic) bond motifs is 1. The van der Waals surface area contributed by atoms with Gasteiger partial charge in [0.1, 0.15) is 0 Å². The minimum Gasteiger partial charge on any atom is -0.348 e. The fourth-order valence-corrected chi connectivity index (χ4v) is 2.77. The van der Waals surface area contributed by atoms with Gasteiger partial charge in [-0.1, -0.05) is 0 Å². The van der Waals surface area contributed by atoms with Crippen molar-refractivity contribution in [3.05, 3.63) is 17.5 Å². The predicted octanol–water partition coefficient (Wildman–Crippen LogP) is -0.195. The molecule has 8 heteroatoms. The van der Waals surface area contributed by atoms with Gasteiger partial charge in [-0.25, -0.2) is 8.42 Å². The highest BCUT2D eigenvalue weighted by Gasteiger charge is 2.25. The molecule has 1 unspecified atom stereocenters. The summed E-state index contributed by atoms with van der Waals surface area (Å²) in [6.45, 7) is -0.162.